The van der Waals surface area contributed by atoms with Crippen LogP contribution < -0.4 is 0 Å². The standard InChI is InChI=1S/C12H15N3O2/c1-8-7-13-6-5-10(8)12-14-11(17-15-12)4-3-9(2)16/h5-7,9,16H,3-4H2,1-2H3. The molecule has 0 radical (unpaired) electrons. The van der Waals surface area contributed by atoms with Gasteiger partial charge in [0.05, 0.1) is 6.10 Å². The van der Waals surface area contributed by atoms with E-state index in [2.05, 4.69) is 15.1 Å². The molecule has 0 spiro atoms. The van der Waals surface area contributed by atoms with Gasteiger partial charge in [-0.15, -0.1) is 0 Å². The van der Waals surface area contributed by atoms with Crippen molar-refractivity contribution >= 4 is 0 Å². The first-order chi connectivity index (χ1) is 8.16. The number of aliphatic hydroxyl groups is 1. The van der Waals surface area contributed by atoms with Crippen LogP contribution >= 0.6 is 0 Å². The van der Waals surface area contributed by atoms with Gasteiger partial charge < -0.3 is 9.63 Å². The molecule has 0 bridgehead atoms. The highest BCUT2D eigenvalue weighted by Crippen LogP contribution is 2.19. The number of hydrogen-bond donors (Lipinski definition) is 1. The monoisotopic (exact) mass is 233 g/mol. The van der Waals surface area contributed by atoms with Gasteiger partial charge in [-0.25, -0.2) is 0 Å². The summed E-state index contributed by atoms with van der Waals surface area (Å²) in [7, 11) is 0. The molecule has 0 saturated heterocycles. The van der Waals surface area contributed by atoms with Crippen molar-refractivity contribution in [3.63, 3.8) is 0 Å². The van der Waals surface area contributed by atoms with Gasteiger partial charge in [0.15, 0.2) is 0 Å². The highest BCUT2D eigenvalue weighted by molar-refractivity contribution is 5.57. The van der Waals surface area contributed by atoms with E-state index in [9.17, 15) is 5.11 Å². The summed E-state index contributed by atoms with van der Waals surface area (Å²) in [6, 6.07) is 1.86. The summed E-state index contributed by atoms with van der Waals surface area (Å²) in [6.45, 7) is 3.69. The lowest BCUT2D eigenvalue weighted by atomic mass is 10.1. The van der Waals surface area contributed by atoms with Gasteiger partial charge in [0.25, 0.3) is 0 Å². The third-order valence-electron chi connectivity index (χ3n) is 2.51. The van der Waals surface area contributed by atoms with E-state index in [1.807, 2.05) is 13.0 Å². The van der Waals surface area contributed by atoms with E-state index < -0.39 is 0 Å². The van der Waals surface area contributed by atoms with Gasteiger partial charge in [0.2, 0.25) is 11.7 Å². The van der Waals surface area contributed by atoms with Crippen LogP contribution in [0.2, 0.25) is 0 Å². The van der Waals surface area contributed by atoms with E-state index in [-0.39, 0.29) is 6.10 Å². The van der Waals surface area contributed by atoms with E-state index in [4.69, 9.17) is 4.52 Å². The zero-order valence-corrected chi connectivity index (χ0v) is 9.92. The zero-order chi connectivity index (χ0) is 12.3. The molecule has 0 amide bonds. The molecule has 0 saturated carbocycles. The summed E-state index contributed by atoms with van der Waals surface area (Å²) in [5, 5.41) is 13.1. The number of hydrogen-bond acceptors (Lipinski definition) is 5. The molecule has 0 aromatic carbocycles. The minimum atomic E-state index is -0.354. The Kier molecular flexibility index (Phi) is 3.49. The van der Waals surface area contributed by atoms with Crippen molar-refractivity contribution in [3.8, 4) is 11.4 Å². The van der Waals surface area contributed by atoms with Crippen molar-refractivity contribution in [3.05, 3.63) is 29.9 Å². The normalized spacial score (nSPS) is 12.6. The van der Waals surface area contributed by atoms with Crippen molar-refractivity contribution in [1.29, 1.82) is 0 Å². The number of aliphatic hydroxyl groups excluding tert-OH is 1. The third-order valence-corrected chi connectivity index (χ3v) is 2.51. The fourth-order valence-electron chi connectivity index (χ4n) is 1.52. The van der Waals surface area contributed by atoms with Gasteiger partial charge in [-0.2, -0.15) is 4.98 Å². The Labute approximate surface area is 99.5 Å². The van der Waals surface area contributed by atoms with Crippen molar-refractivity contribution < 1.29 is 9.63 Å². The second-order valence-corrected chi connectivity index (χ2v) is 4.09. The molecule has 17 heavy (non-hydrogen) atoms. The van der Waals surface area contributed by atoms with Gasteiger partial charge in [-0.1, -0.05) is 5.16 Å². The fraction of sp³-hybridized carbons (Fsp3) is 0.417. The average Bonchev–Trinajstić information content (AvgIpc) is 2.75. The molecule has 1 atom stereocenters. The lowest BCUT2D eigenvalue weighted by molar-refractivity contribution is 0.180. The Bertz CT molecular complexity index is 494. The number of nitrogens with zero attached hydrogens (tertiary/aromatic N) is 3. The second kappa shape index (κ2) is 5.05. The number of rotatable bonds is 4. The Morgan fingerprint density at radius 2 is 2.29 bits per heavy atom. The number of pyridine rings is 1. The first-order valence-corrected chi connectivity index (χ1v) is 5.58. The molecule has 1 unspecified atom stereocenters. The molecule has 5 heteroatoms. The van der Waals surface area contributed by atoms with E-state index in [0.717, 1.165) is 11.1 Å². The van der Waals surface area contributed by atoms with Gasteiger partial charge >= 0.3 is 0 Å². The summed E-state index contributed by atoms with van der Waals surface area (Å²) in [5.41, 5.74) is 1.93. The Morgan fingerprint density at radius 3 is 3.00 bits per heavy atom. The van der Waals surface area contributed by atoms with Gasteiger partial charge in [0, 0.05) is 24.4 Å². The van der Waals surface area contributed by atoms with Crippen molar-refractivity contribution in [2.75, 3.05) is 0 Å². The molecule has 1 N–H and O–H groups in total. The van der Waals surface area contributed by atoms with Crippen LogP contribution in [-0.2, 0) is 6.42 Å². The van der Waals surface area contributed by atoms with Crippen LogP contribution in [0.5, 0.6) is 0 Å². The molecule has 0 aliphatic heterocycles. The zero-order valence-electron chi connectivity index (χ0n) is 9.92. The Morgan fingerprint density at radius 1 is 1.47 bits per heavy atom. The highest BCUT2D eigenvalue weighted by Gasteiger charge is 2.11. The Balaban J connectivity index is 2.16. The molecule has 90 valence electrons. The van der Waals surface area contributed by atoms with Crippen molar-refractivity contribution in [2.24, 2.45) is 0 Å². The molecule has 0 aliphatic carbocycles. The first-order valence-electron chi connectivity index (χ1n) is 5.58. The lowest BCUT2D eigenvalue weighted by Gasteiger charge is -1.99. The van der Waals surface area contributed by atoms with Gasteiger partial charge in [-0.05, 0) is 31.9 Å². The average molecular weight is 233 g/mol. The van der Waals surface area contributed by atoms with E-state index >= 15 is 0 Å². The maximum absolute atomic E-state index is 9.18. The molecule has 2 aromatic rings. The second-order valence-electron chi connectivity index (χ2n) is 4.09. The third kappa shape index (κ3) is 2.88. The summed E-state index contributed by atoms with van der Waals surface area (Å²) in [6.07, 6.45) is 4.33. The molecule has 0 aliphatic rings. The SMILES string of the molecule is Cc1cnccc1-c1noc(CCC(C)O)n1. The Hall–Kier alpha value is -1.75. The minimum Gasteiger partial charge on any atom is -0.393 e. The predicted octanol–water partition coefficient (Wildman–Crippen LogP) is 1.75. The van der Waals surface area contributed by atoms with E-state index in [1.165, 1.54) is 0 Å². The minimum absolute atomic E-state index is 0.354. The van der Waals surface area contributed by atoms with Gasteiger partial charge in [-0.3, -0.25) is 4.98 Å². The molecule has 2 rings (SSSR count). The molecule has 2 aromatic heterocycles. The van der Waals surface area contributed by atoms with Crippen LogP contribution in [0.15, 0.2) is 23.0 Å². The summed E-state index contributed by atoms with van der Waals surface area (Å²) < 4.78 is 5.13. The summed E-state index contributed by atoms with van der Waals surface area (Å²) >= 11 is 0. The van der Waals surface area contributed by atoms with Crippen LogP contribution in [0.25, 0.3) is 11.4 Å². The topological polar surface area (TPSA) is 72.0 Å². The van der Waals surface area contributed by atoms with Crippen LogP contribution in [-0.4, -0.2) is 26.3 Å². The first kappa shape index (κ1) is 11.7. The molecular weight excluding hydrogens is 218 g/mol. The quantitative estimate of drug-likeness (QED) is 0.871. The van der Waals surface area contributed by atoms with E-state index in [0.29, 0.717) is 24.6 Å². The smallest absolute Gasteiger partial charge is 0.227 e. The lowest BCUT2D eigenvalue weighted by Crippen LogP contribution is -2.01. The van der Waals surface area contributed by atoms with Crippen LogP contribution in [0.1, 0.15) is 24.8 Å². The number of aryl methyl sites for hydroxylation is 2. The highest BCUT2D eigenvalue weighted by atomic mass is 16.5. The summed E-state index contributed by atoms with van der Waals surface area (Å²) in [4.78, 5) is 8.31. The number of aromatic nitrogens is 3. The van der Waals surface area contributed by atoms with Gasteiger partial charge in [0.1, 0.15) is 0 Å². The fourth-order valence-corrected chi connectivity index (χ4v) is 1.52. The molecular formula is C12H15N3O2. The van der Waals surface area contributed by atoms with Crippen LogP contribution in [0, 0.1) is 6.92 Å². The van der Waals surface area contributed by atoms with Crippen molar-refractivity contribution in [1.82, 2.24) is 15.1 Å². The van der Waals surface area contributed by atoms with Crippen molar-refractivity contribution in [2.45, 2.75) is 32.8 Å². The predicted molar refractivity (Wildman–Crippen MR) is 62.3 cm³/mol. The maximum atomic E-state index is 9.18. The largest absolute Gasteiger partial charge is 0.393 e. The van der Waals surface area contributed by atoms with Crippen LogP contribution in [0.3, 0.4) is 0 Å². The van der Waals surface area contributed by atoms with Crippen LogP contribution in [0.4, 0.5) is 0 Å². The van der Waals surface area contributed by atoms with E-state index in [1.54, 1.807) is 19.3 Å². The summed E-state index contributed by atoms with van der Waals surface area (Å²) in [5.74, 6) is 1.13. The maximum Gasteiger partial charge on any atom is 0.227 e. The molecule has 5 nitrogen and oxygen atoms in total. The molecule has 2 heterocycles. The molecule has 0 fully saturated rings.